The van der Waals surface area contributed by atoms with Crippen molar-refractivity contribution in [2.45, 2.75) is 57.9 Å². The van der Waals surface area contributed by atoms with E-state index in [1.807, 2.05) is 4.90 Å². The summed E-state index contributed by atoms with van der Waals surface area (Å²) >= 11 is 0. The van der Waals surface area contributed by atoms with E-state index in [1.165, 1.54) is 57.2 Å². The van der Waals surface area contributed by atoms with Crippen molar-refractivity contribution < 1.29 is 14.0 Å². The monoisotopic (exact) mass is 347 g/mol. The second-order valence-electron chi connectivity index (χ2n) is 7.19. The fourth-order valence-corrected chi connectivity index (χ4v) is 3.52. The summed E-state index contributed by atoms with van der Waals surface area (Å²) in [6.45, 7) is 2.14. The number of hydrogen-bond acceptors (Lipinski definition) is 2. The van der Waals surface area contributed by atoms with Crippen molar-refractivity contribution in [1.29, 1.82) is 0 Å². The fraction of sp³-hybridized carbons (Fsp3) is 0.579. The highest BCUT2D eigenvalue weighted by Gasteiger charge is 2.34. The predicted molar refractivity (Wildman–Crippen MR) is 96.0 cm³/mol. The van der Waals surface area contributed by atoms with Crippen LogP contribution in [0.5, 0.6) is 0 Å². The Hall–Kier alpha value is -2.11. The zero-order valence-corrected chi connectivity index (χ0v) is 14.7. The van der Waals surface area contributed by atoms with Crippen molar-refractivity contribution >= 4 is 23.3 Å². The molecule has 2 aliphatic carbocycles. The van der Waals surface area contributed by atoms with E-state index in [-0.39, 0.29) is 23.7 Å². The van der Waals surface area contributed by atoms with Crippen LogP contribution in [0.25, 0.3) is 0 Å². The van der Waals surface area contributed by atoms with Gasteiger partial charge in [0.1, 0.15) is 5.82 Å². The fourth-order valence-electron chi connectivity index (χ4n) is 3.52. The Morgan fingerprint density at radius 2 is 1.84 bits per heavy atom. The number of hydrogen-bond donors (Lipinski definition) is 2. The van der Waals surface area contributed by atoms with Crippen LogP contribution in [0.4, 0.5) is 20.6 Å². The number of rotatable bonds is 5. The maximum Gasteiger partial charge on any atom is 0.322 e. The molecule has 5 nitrogen and oxygen atoms in total. The summed E-state index contributed by atoms with van der Waals surface area (Å²) in [4.78, 5) is 25.7. The molecule has 0 unspecified atom stereocenters. The van der Waals surface area contributed by atoms with Gasteiger partial charge in [-0.05, 0) is 49.8 Å². The van der Waals surface area contributed by atoms with Gasteiger partial charge in [-0.1, -0.05) is 19.3 Å². The van der Waals surface area contributed by atoms with E-state index in [2.05, 4.69) is 10.6 Å². The Labute approximate surface area is 148 Å². The highest BCUT2D eigenvalue weighted by Crippen LogP contribution is 2.32. The zero-order valence-electron chi connectivity index (χ0n) is 14.7. The predicted octanol–water partition coefficient (Wildman–Crippen LogP) is 4.36. The number of urea groups is 1. The van der Waals surface area contributed by atoms with Crippen LogP contribution in [0.1, 0.15) is 51.9 Å². The van der Waals surface area contributed by atoms with Gasteiger partial charge in [0.25, 0.3) is 0 Å². The molecule has 6 heteroatoms. The van der Waals surface area contributed by atoms with Crippen molar-refractivity contribution in [2.24, 2.45) is 5.92 Å². The van der Waals surface area contributed by atoms with E-state index >= 15 is 0 Å². The minimum absolute atomic E-state index is 0.102. The van der Waals surface area contributed by atoms with Crippen LogP contribution < -0.4 is 10.6 Å². The van der Waals surface area contributed by atoms with Crippen molar-refractivity contribution in [1.82, 2.24) is 4.90 Å². The molecule has 1 aromatic carbocycles. The molecule has 2 saturated carbocycles. The van der Waals surface area contributed by atoms with Crippen molar-refractivity contribution in [3.8, 4) is 0 Å². The van der Waals surface area contributed by atoms with E-state index in [1.54, 1.807) is 0 Å². The Balaban J connectivity index is 1.67. The van der Waals surface area contributed by atoms with Crippen LogP contribution in [-0.4, -0.2) is 29.4 Å². The van der Waals surface area contributed by atoms with E-state index in [9.17, 15) is 14.0 Å². The van der Waals surface area contributed by atoms with Gasteiger partial charge in [-0.2, -0.15) is 0 Å². The molecule has 0 saturated heterocycles. The first kappa shape index (κ1) is 17.7. The van der Waals surface area contributed by atoms with Gasteiger partial charge >= 0.3 is 6.03 Å². The molecule has 0 heterocycles. The third-order valence-electron chi connectivity index (χ3n) is 4.96. The maximum absolute atomic E-state index is 14.1. The topological polar surface area (TPSA) is 61.4 Å². The molecule has 3 rings (SSSR count). The van der Waals surface area contributed by atoms with Crippen LogP contribution in [0.15, 0.2) is 18.2 Å². The summed E-state index contributed by atoms with van der Waals surface area (Å²) in [5.74, 6) is -0.188. The number of nitrogens with one attached hydrogen (secondary N) is 2. The SMILES string of the molecule is CC(=O)Nc1ccc(F)c(NC(=O)N(CC2CCCCC2)C2CC2)c1. The maximum atomic E-state index is 14.1. The summed E-state index contributed by atoms with van der Waals surface area (Å²) in [7, 11) is 0. The van der Waals surface area contributed by atoms with Crippen molar-refractivity contribution in [3.63, 3.8) is 0 Å². The summed E-state index contributed by atoms with van der Waals surface area (Å²) < 4.78 is 14.1. The first-order chi connectivity index (χ1) is 12.0. The molecule has 0 atom stereocenters. The number of amides is 3. The Morgan fingerprint density at radius 3 is 2.48 bits per heavy atom. The molecule has 2 N–H and O–H groups in total. The van der Waals surface area contributed by atoms with Gasteiger partial charge in [0.05, 0.1) is 5.69 Å². The molecular weight excluding hydrogens is 321 g/mol. The van der Waals surface area contributed by atoms with Crippen molar-refractivity contribution in [2.75, 3.05) is 17.2 Å². The molecule has 0 bridgehead atoms. The summed E-state index contributed by atoms with van der Waals surface area (Å²) in [5.41, 5.74) is 0.569. The van der Waals surface area contributed by atoms with Gasteiger partial charge in [0, 0.05) is 25.2 Å². The zero-order chi connectivity index (χ0) is 17.8. The number of halogens is 1. The average molecular weight is 347 g/mol. The van der Waals surface area contributed by atoms with Crippen molar-refractivity contribution in [3.05, 3.63) is 24.0 Å². The lowest BCUT2D eigenvalue weighted by Gasteiger charge is -2.30. The smallest absolute Gasteiger partial charge is 0.322 e. The van der Waals surface area contributed by atoms with E-state index in [0.29, 0.717) is 11.6 Å². The lowest BCUT2D eigenvalue weighted by Crippen LogP contribution is -2.40. The molecule has 2 fully saturated rings. The van der Waals surface area contributed by atoms with Crippen LogP contribution >= 0.6 is 0 Å². The quantitative estimate of drug-likeness (QED) is 0.831. The molecule has 2 aliphatic rings. The largest absolute Gasteiger partial charge is 0.326 e. The lowest BCUT2D eigenvalue weighted by molar-refractivity contribution is -0.114. The minimum atomic E-state index is -0.504. The van der Waals surface area contributed by atoms with Gasteiger partial charge in [-0.15, -0.1) is 0 Å². The number of carbonyl (C=O) groups is 2. The Kier molecular flexibility index (Phi) is 5.56. The number of nitrogens with zero attached hydrogens (tertiary/aromatic N) is 1. The molecule has 0 radical (unpaired) electrons. The first-order valence-electron chi connectivity index (χ1n) is 9.17. The molecule has 0 spiro atoms. The van der Waals surface area contributed by atoms with Crippen LogP contribution in [0.3, 0.4) is 0 Å². The highest BCUT2D eigenvalue weighted by atomic mass is 19.1. The van der Waals surface area contributed by atoms with Gasteiger partial charge in [-0.3, -0.25) is 4.79 Å². The van der Waals surface area contributed by atoms with Crippen LogP contribution in [0, 0.1) is 11.7 Å². The van der Waals surface area contributed by atoms with Gasteiger partial charge < -0.3 is 15.5 Å². The number of carbonyl (C=O) groups excluding carboxylic acids is 2. The van der Waals surface area contributed by atoms with Gasteiger partial charge in [-0.25, -0.2) is 9.18 Å². The Morgan fingerprint density at radius 1 is 1.12 bits per heavy atom. The molecule has 0 aromatic heterocycles. The molecule has 136 valence electrons. The molecule has 25 heavy (non-hydrogen) atoms. The Bertz CT molecular complexity index is 640. The van der Waals surface area contributed by atoms with Gasteiger partial charge in [0.15, 0.2) is 0 Å². The van der Waals surface area contributed by atoms with E-state index < -0.39 is 5.82 Å². The van der Waals surface area contributed by atoms with E-state index in [0.717, 1.165) is 19.4 Å². The second kappa shape index (κ2) is 7.85. The van der Waals surface area contributed by atoms with E-state index in [4.69, 9.17) is 0 Å². The number of anilines is 2. The normalized spacial score (nSPS) is 17.8. The lowest BCUT2D eigenvalue weighted by atomic mass is 9.89. The van der Waals surface area contributed by atoms with Gasteiger partial charge in [0.2, 0.25) is 5.91 Å². The third-order valence-corrected chi connectivity index (χ3v) is 4.96. The summed E-state index contributed by atoms with van der Waals surface area (Å²) in [5, 5.41) is 5.30. The third kappa shape index (κ3) is 4.94. The molecule has 1 aromatic rings. The molecule has 3 amide bonds. The minimum Gasteiger partial charge on any atom is -0.326 e. The van der Waals surface area contributed by atoms with Crippen LogP contribution in [-0.2, 0) is 4.79 Å². The molecule has 0 aliphatic heterocycles. The second-order valence-corrected chi connectivity index (χ2v) is 7.19. The average Bonchev–Trinajstić information content (AvgIpc) is 3.41. The highest BCUT2D eigenvalue weighted by molar-refractivity contribution is 5.93. The molecular formula is C19H26FN3O2. The summed E-state index contributed by atoms with van der Waals surface area (Å²) in [6.07, 6.45) is 8.14. The summed E-state index contributed by atoms with van der Waals surface area (Å²) in [6, 6.07) is 4.23. The first-order valence-corrected chi connectivity index (χ1v) is 9.17. The number of benzene rings is 1. The standard InChI is InChI=1S/C19H26FN3O2/c1-13(24)21-15-7-10-17(20)18(11-15)22-19(25)23(16-8-9-16)12-14-5-3-2-4-6-14/h7,10-11,14,16H,2-6,8-9,12H2,1H3,(H,21,24)(H,22,25). The van der Waals surface area contributed by atoms with Crippen LogP contribution in [0.2, 0.25) is 0 Å².